The third-order valence-electron chi connectivity index (χ3n) is 3.92. The first-order chi connectivity index (χ1) is 10.2. The van der Waals surface area contributed by atoms with Crippen LogP contribution >= 0.6 is 0 Å². The largest absolute Gasteiger partial charge is 0.493 e. The van der Waals surface area contributed by atoms with Gasteiger partial charge in [-0.1, -0.05) is 42.5 Å². The lowest BCUT2D eigenvalue weighted by molar-refractivity contribution is -0.120. The van der Waals surface area contributed by atoms with E-state index in [9.17, 15) is 4.79 Å². The van der Waals surface area contributed by atoms with E-state index in [-0.39, 0.29) is 5.78 Å². The first-order valence-electron chi connectivity index (χ1n) is 7.32. The number of benzene rings is 2. The van der Waals surface area contributed by atoms with Crippen LogP contribution in [0.3, 0.4) is 0 Å². The smallest absolute Gasteiger partial charge is 0.154 e. The molecule has 0 saturated heterocycles. The topological polar surface area (TPSA) is 52.3 Å². The van der Waals surface area contributed by atoms with Crippen molar-refractivity contribution in [3.05, 3.63) is 65.2 Å². The summed E-state index contributed by atoms with van der Waals surface area (Å²) in [4.78, 5) is 12.2. The monoisotopic (exact) mass is 281 g/mol. The highest BCUT2D eigenvalue weighted by molar-refractivity contribution is 5.85. The summed E-state index contributed by atoms with van der Waals surface area (Å²) in [6, 6.07) is 15.2. The molecular formula is C18H19NO2. The van der Waals surface area contributed by atoms with Crippen molar-refractivity contribution in [3.8, 4) is 5.75 Å². The van der Waals surface area contributed by atoms with E-state index in [2.05, 4.69) is 6.07 Å². The maximum Gasteiger partial charge on any atom is 0.154 e. The van der Waals surface area contributed by atoms with E-state index >= 15 is 0 Å². The molecule has 1 aliphatic heterocycles. The van der Waals surface area contributed by atoms with Crippen LogP contribution < -0.4 is 10.5 Å². The highest BCUT2D eigenvalue weighted by Gasteiger charge is 2.16. The summed E-state index contributed by atoms with van der Waals surface area (Å²) in [6.07, 6.45) is 2.16. The van der Waals surface area contributed by atoms with Gasteiger partial charge < -0.3 is 10.5 Å². The van der Waals surface area contributed by atoms with Gasteiger partial charge in [-0.2, -0.15) is 0 Å². The van der Waals surface area contributed by atoms with Gasteiger partial charge in [0.15, 0.2) is 5.78 Å². The van der Waals surface area contributed by atoms with Gasteiger partial charge in [-0.05, 0) is 29.2 Å². The van der Waals surface area contributed by atoms with Gasteiger partial charge in [0.1, 0.15) is 5.75 Å². The number of ether oxygens (including phenoxy) is 1. The molecule has 0 fully saturated rings. The van der Waals surface area contributed by atoms with Crippen molar-refractivity contribution in [3.63, 3.8) is 0 Å². The number of ketones is 1. The number of hydrogen-bond donors (Lipinski definition) is 1. The minimum Gasteiger partial charge on any atom is -0.493 e. The number of rotatable bonds is 5. The number of nitrogens with two attached hydrogens (primary N) is 1. The van der Waals surface area contributed by atoms with Crippen molar-refractivity contribution in [1.82, 2.24) is 0 Å². The molecule has 0 unspecified atom stereocenters. The third-order valence-corrected chi connectivity index (χ3v) is 3.92. The molecule has 0 spiro atoms. The highest BCUT2D eigenvalue weighted by Crippen LogP contribution is 2.26. The molecule has 2 aromatic carbocycles. The van der Waals surface area contributed by atoms with Crippen molar-refractivity contribution in [2.45, 2.75) is 25.3 Å². The molecule has 0 bridgehead atoms. The Hall–Kier alpha value is -2.13. The van der Waals surface area contributed by atoms with Crippen molar-refractivity contribution in [2.75, 3.05) is 6.61 Å². The molecule has 2 aromatic rings. The maximum absolute atomic E-state index is 12.2. The zero-order valence-corrected chi connectivity index (χ0v) is 11.9. The number of aryl methyl sites for hydroxylation is 1. The normalized spacial score (nSPS) is 14.3. The van der Waals surface area contributed by atoms with Crippen molar-refractivity contribution >= 4 is 5.78 Å². The van der Waals surface area contributed by atoms with Crippen LogP contribution in [-0.4, -0.2) is 12.4 Å². The zero-order chi connectivity index (χ0) is 14.7. The predicted molar refractivity (Wildman–Crippen MR) is 82.3 cm³/mol. The van der Waals surface area contributed by atoms with Gasteiger partial charge in [-0.3, -0.25) is 4.79 Å². The van der Waals surface area contributed by atoms with Crippen LogP contribution in [0.4, 0.5) is 0 Å². The first-order valence-corrected chi connectivity index (χ1v) is 7.32. The van der Waals surface area contributed by atoms with E-state index in [1.54, 1.807) is 0 Å². The lowest BCUT2D eigenvalue weighted by Gasteiger charge is -2.11. The first kappa shape index (κ1) is 13.8. The van der Waals surface area contributed by atoms with Gasteiger partial charge in [0.05, 0.1) is 12.6 Å². The Morgan fingerprint density at radius 3 is 2.81 bits per heavy atom. The number of carbonyl (C=O) groups is 1. The number of hydrogen-bond acceptors (Lipinski definition) is 3. The van der Waals surface area contributed by atoms with Crippen LogP contribution in [0, 0.1) is 0 Å². The highest BCUT2D eigenvalue weighted by atomic mass is 16.5. The fourth-order valence-corrected chi connectivity index (χ4v) is 2.66. The Bertz CT molecular complexity index is 637. The summed E-state index contributed by atoms with van der Waals surface area (Å²) in [5.74, 6) is 1.06. The summed E-state index contributed by atoms with van der Waals surface area (Å²) < 4.78 is 5.49. The minimum absolute atomic E-state index is 0.0814. The quantitative estimate of drug-likeness (QED) is 0.917. The fourth-order valence-electron chi connectivity index (χ4n) is 2.66. The molecule has 3 heteroatoms. The second-order valence-electron chi connectivity index (χ2n) is 5.40. The molecule has 0 saturated carbocycles. The number of Topliss-reactive ketones (excluding diaryl/α,β-unsaturated/α-hetero) is 1. The van der Waals surface area contributed by atoms with Gasteiger partial charge in [0.25, 0.3) is 0 Å². The minimum atomic E-state index is -0.524. The Kier molecular flexibility index (Phi) is 4.02. The van der Waals surface area contributed by atoms with Crippen molar-refractivity contribution in [1.29, 1.82) is 0 Å². The molecule has 1 heterocycles. The lowest BCUT2D eigenvalue weighted by Crippen LogP contribution is -2.21. The van der Waals surface area contributed by atoms with E-state index in [4.69, 9.17) is 10.5 Å². The van der Waals surface area contributed by atoms with Crippen molar-refractivity contribution < 1.29 is 9.53 Å². The Labute approximate surface area is 124 Å². The Morgan fingerprint density at radius 1 is 1.19 bits per heavy atom. The van der Waals surface area contributed by atoms with Crippen LogP contribution in [-0.2, 0) is 17.6 Å². The van der Waals surface area contributed by atoms with Gasteiger partial charge in [-0.25, -0.2) is 0 Å². The second kappa shape index (κ2) is 6.10. The van der Waals surface area contributed by atoms with Gasteiger partial charge in [0, 0.05) is 12.8 Å². The van der Waals surface area contributed by atoms with E-state index < -0.39 is 6.04 Å². The molecule has 0 aliphatic carbocycles. The average Bonchev–Trinajstić information content (AvgIpc) is 3.00. The molecule has 1 atom stereocenters. The lowest BCUT2D eigenvalue weighted by atomic mass is 9.97. The van der Waals surface area contributed by atoms with Crippen LogP contribution in [0.5, 0.6) is 5.75 Å². The predicted octanol–water partition coefficient (Wildman–Crippen LogP) is 2.82. The molecular weight excluding hydrogens is 262 g/mol. The third kappa shape index (κ3) is 3.14. The van der Waals surface area contributed by atoms with Gasteiger partial charge >= 0.3 is 0 Å². The number of fused-ring (bicyclic) bond motifs is 1. The molecule has 0 radical (unpaired) electrons. The molecule has 108 valence electrons. The molecule has 0 amide bonds. The average molecular weight is 281 g/mol. The van der Waals surface area contributed by atoms with Crippen molar-refractivity contribution in [2.24, 2.45) is 5.73 Å². The van der Waals surface area contributed by atoms with E-state index in [1.165, 1.54) is 11.1 Å². The van der Waals surface area contributed by atoms with E-state index in [1.807, 2.05) is 42.5 Å². The second-order valence-corrected chi connectivity index (χ2v) is 5.40. The summed E-state index contributed by atoms with van der Waals surface area (Å²) in [5.41, 5.74) is 9.32. The van der Waals surface area contributed by atoms with E-state index in [0.29, 0.717) is 6.42 Å². The molecule has 0 aromatic heterocycles. The summed E-state index contributed by atoms with van der Waals surface area (Å²) in [6.45, 7) is 0.761. The fraction of sp³-hybridized carbons (Fsp3) is 0.278. The van der Waals surface area contributed by atoms with Crippen LogP contribution in [0.15, 0.2) is 48.5 Å². The SMILES string of the molecule is N[C@@H](C(=O)CCc1ccc2c(c1)CCO2)c1ccccc1. The molecule has 3 nitrogen and oxygen atoms in total. The zero-order valence-electron chi connectivity index (χ0n) is 11.9. The molecule has 1 aliphatic rings. The van der Waals surface area contributed by atoms with E-state index in [0.717, 1.165) is 30.8 Å². The van der Waals surface area contributed by atoms with Gasteiger partial charge in [-0.15, -0.1) is 0 Å². The number of carbonyl (C=O) groups excluding carboxylic acids is 1. The summed E-state index contributed by atoms with van der Waals surface area (Å²) >= 11 is 0. The Balaban J connectivity index is 1.61. The Morgan fingerprint density at radius 2 is 2.00 bits per heavy atom. The standard InChI is InChI=1S/C18H19NO2/c19-18(14-4-2-1-3-5-14)16(20)8-6-13-7-9-17-15(12-13)10-11-21-17/h1-5,7,9,12,18H,6,8,10-11,19H2/t18-/m1/s1. The van der Waals surface area contributed by atoms with Crippen LogP contribution in [0.2, 0.25) is 0 Å². The van der Waals surface area contributed by atoms with Crippen LogP contribution in [0.25, 0.3) is 0 Å². The summed E-state index contributed by atoms with van der Waals surface area (Å²) in [5, 5.41) is 0. The maximum atomic E-state index is 12.2. The summed E-state index contributed by atoms with van der Waals surface area (Å²) in [7, 11) is 0. The molecule has 21 heavy (non-hydrogen) atoms. The van der Waals surface area contributed by atoms with Gasteiger partial charge in [0.2, 0.25) is 0 Å². The van der Waals surface area contributed by atoms with Crippen LogP contribution in [0.1, 0.15) is 29.2 Å². The molecule has 2 N–H and O–H groups in total. The molecule has 3 rings (SSSR count).